The molecule has 0 saturated carbocycles. The Kier molecular flexibility index (Phi) is 2.58. The van der Waals surface area contributed by atoms with Gasteiger partial charge in [-0.15, -0.1) is 0 Å². The summed E-state index contributed by atoms with van der Waals surface area (Å²) in [5.41, 5.74) is 11.1. The number of rotatable bonds is 2. The highest BCUT2D eigenvalue weighted by atomic mass is 14.8. The lowest BCUT2D eigenvalue weighted by Crippen LogP contribution is -2.10. The van der Waals surface area contributed by atoms with Crippen LogP contribution in [0.15, 0.2) is 0 Å². The minimum absolute atomic E-state index is 0.164. The van der Waals surface area contributed by atoms with Gasteiger partial charge in [0.25, 0.3) is 0 Å². The number of aryl methyl sites for hydroxylation is 1. The van der Waals surface area contributed by atoms with Crippen molar-refractivity contribution >= 4 is 0 Å². The molecule has 1 aromatic rings. The average molecular weight is 166 g/mol. The number of nitrogens with one attached hydrogen (secondary N) is 1. The smallest absolute Gasteiger partial charge is 0.0448 e. The molecular weight excluding hydrogens is 148 g/mol. The normalized spacial score (nSPS) is 13.4. The van der Waals surface area contributed by atoms with Crippen LogP contribution in [0.3, 0.4) is 0 Å². The van der Waals surface area contributed by atoms with Crippen molar-refractivity contribution in [2.75, 3.05) is 0 Å². The van der Waals surface area contributed by atoms with Crippen LogP contribution in [0.25, 0.3) is 0 Å². The number of nitrogens with two attached hydrogens (primary N) is 1. The largest absolute Gasteiger partial charge is 0.361 e. The number of hydrogen-bond donors (Lipinski definition) is 2. The summed E-state index contributed by atoms with van der Waals surface area (Å²) in [5.74, 6) is 0. The molecular formula is C10H18N2. The van der Waals surface area contributed by atoms with E-state index >= 15 is 0 Å². The van der Waals surface area contributed by atoms with E-state index in [2.05, 4.69) is 32.7 Å². The summed E-state index contributed by atoms with van der Waals surface area (Å²) >= 11 is 0. The van der Waals surface area contributed by atoms with E-state index in [1.165, 1.54) is 22.5 Å². The third-order valence-electron chi connectivity index (χ3n) is 2.66. The van der Waals surface area contributed by atoms with Gasteiger partial charge in [-0.2, -0.15) is 0 Å². The Labute approximate surface area is 74.2 Å². The van der Waals surface area contributed by atoms with Crippen molar-refractivity contribution in [3.63, 3.8) is 0 Å². The molecule has 1 atom stereocenters. The zero-order chi connectivity index (χ0) is 9.30. The second-order valence-corrected chi connectivity index (χ2v) is 3.43. The molecule has 0 aliphatic rings. The predicted octanol–water partition coefficient (Wildman–Crippen LogP) is 2.35. The third kappa shape index (κ3) is 1.39. The topological polar surface area (TPSA) is 41.8 Å². The zero-order valence-corrected chi connectivity index (χ0v) is 8.36. The molecule has 0 radical (unpaired) electrons. The van der Waals surface area contributed by atoms with E-state index in [4.69, 9.17) is 5.73 Å². The van der Waals surface area contributed by atoms with Crippen molar-refractivity contribution in [1.29, 1.82) is 0 Å². The van der Waals surface area contributed by atoms with Gasteiger partial charge < -0.3 is 10.7 Å². The van der Waals surface area contributed by atoms with Crippen molar-refractivity contribution in [2.45, 2.75) is 40.2 Å². The summed E-state index contributed by atoms with van der Waals surface area (Å²) in [4.78, 5) is 3.34. The Morgan fingerprint density at radius 3 is 2.17 bits per heavy atom. The number of hydrogen-bond acceptors (Lipinski definition) is 1. The summed E-state index contributed by atoms with van der Waals surface area (Å²) < 4.78 is 0. The SMILES string of the molecule is CC[C@H](N)c1[nH]c(C)c(C)c1C. The Balaban J connectivity index is 3.08. The van der Waals surface area contributed by atoms with Crippen LogP contribution >= 0.6 is 0 Å². The molecule has 0 aliphatic heterocycles. The molecule has 68 valence electrons. The molecule has 0 unspecified atom stereocenters. The van der Waals surface area contributed by atoms with Crippen LogP contribution in [0.1, 0.15) is 41.9 Å². The Morgan fingerprint density at radius 2 is 1.83 bits per heavy atom. The monoisotopic (exact) mass is 166 g/mol. The van der Waals surface area contributed by atoms with E-state index in [0.717, 1.165) is 6.42 Å². The first kappa shape index (κ1) is 9.33. The first-order chi connectivity index (χ1) is 5.57. The molecule has 0 bridgehead atoms. The molecule has 1 rings (SSSR count). The van der Waals surface area contributed by atoms with Crippen LogP contribution < -0.4 is 5.73 Å². The van der Waals surface area contributed by atoms with Crippen LogP contribution in [0.5, 0.6) is 0 Å². The Bertz CT molecular complexity index is 274. The fraction of sp³-hybridized carbons (Fsp3) is 0.600. The van der Waals surface area contributed by atoms with E-state index < -0.39 is 0 Å². The van der Waals surface area contributed by atoms with Crippen molar-refractivity contribution in [1.82, 2.24) is 4.98 Å². The third-order valence-corrected chi connectivity index (χ3v) is 2.66. The summed E-state index contributed by atoms with van der Waals surface area (Å²) in [7, 11) is 0. The van der Waals surface area contributed by atoms with Crippen molar-refractivity contribution in [3.05, 3.63) is 22.5 Å². The quantitative estimate of drug-likeness (QED) is 0.695. The van der Waals surface area contributed by atoms with Gasteiger partial charge in [0.2, 0.25) is 0 Å². The predicted molar refractivity (Wildman–Crippen MR) is 52.2 cm³/mol. The standard InChI is InChI=1S/C10H18N2/c1-5-9(11)10-7(3)6(2)8(4)12-10/h9,12H,5,11H2,1-4H3/t9-/m0/s1. The minimum Gasteiger partial charge on any atom is -0.361 e. The maximum absolute atomic E-state index is 5.95. The van der Waals surface area contributed by atoms with Gasteiger partial charge in [-0.3, -0.25) is 0 Å². The van der Waals surface area contributed by atoms with Crippen LogP contribution in [0.4, 0.5) is 0 Å². The molecule has 0 amide bonds. The van der Waals surface area contributed by atoms with Gasteiger partial charge in [-0.05, 0) is 38.3 Å². The number of aromatic amines is 1. The number of H-pyrrole nitrogens is 1. The molecule has 0 saturated heterocycles. The van der Waals surface area contributed by atoms with Gasteiger partial charge in [0, 0.05) is 17.4 Å². The van der Waals surface area contributed by atoms with Crippen LogP contribution in [0, 0.1) is 20.8 Å². The van der Waals surface area contributed by atoms with Crippen molar-refractivity contribution in [2.24, 2.45) is 5.73 Å². The minimum atomic E-state index is 0.164. The average Bonchev–Trinajstić information content (AvgIpc) is 2.32. The first-order valence-corrected chi connectivity index (χ1v) is 4.49. The highest BCUT2D eigenvalue weighted by molar-refractivity contribution is 5.35. The van der Waals surface area contributed by atoms with Gasteiger partial charge in [-0.25, -0.2) is 0 Å². The molecule has 12 heavy (non-hydrogen) atoms. The Hall–Kier alpha value is -0.760. The van der Waals surface area contributed by atoms with Crippen molar-refractivity contribution in [3.8, 4) is 0 Å². The molecule has 3 N–H and O–H groups in total. The van der Waals surface area contributed by atoms with Gasteiger partial charge in [0.15, 0.2) is 0 Å². The molecule has 1 aromatic heterocycles. The van der Waals surface area contributed by atoms with Crippen LogP contribution in [-0.2, 0) is 0 Å². The van der Waals surface area contributed by atoms with E-state index in [9.17, 15) is 0 Å². The molecule has 1 heterocycles. The molecule has 0 spiro atoms. The fourth-order valence-electron chi connectivity index (χ4n) is 1.45. The van der Waals surface area contributed by atoms with Gasteiger partial charge >= 0.3 is 0 Å². The highest BCUT2D eigenvalue weighted by Crippen LogP contribution is 2.22. The molecule has 2 heteroatoms. The zero-order valence-electron chi connectivity index (χ0n) is 8.36. The van der Waals surface area contributed by atoms with E-state index in [1.807, 2.05) is 0 Å². The summed E-state index contributed by atoms with van der Waals surface area (Å²) in [6, 6.07) is 0.164. The van der Waals surface area contributed by atoms with Crippen molar-refractivity contribution < 1.29 is 0 Å². The second-order valence-electron chi connectivity index (χ2n) is 3.43. The molecule has 0 fully saturated rings. The molecule has 2 nitrogen and oxygen atoms in total. The highest BCUT2D eigenvalue weighted by Gasteiger charge is 2.12. The lowest BCUT2D eigenvalue weighted by atomic mass is 10.1. The summed E-state index contributed by atoms with van der Waals surface area (Å²) in [5, 5.41) is 0. The first-order valence-electron chi connectivity index (χ1n) is 4.49. The summed E-state index contributed by atoms with van der Waals surface area (Å²) in [6.45, 7) is 8.46. The molecule has 0 aliphatic carbocycles. The van der Waals surface area contributed by atoms with Gasteiger partial charge in [-0.1, -0.05) is 6.92 Å². The molecule has 0 aromatic carbocycles. The van der Waals surface area contributed by atoms with E-state index in [-0.39, 0.29) is 6.04 Å². The Morgan fingerprint density at radius 1 is 1.25 bits per heavy atom. The fourth-order valence-corrected chi connectivity index (χ4v) is 1.45. The van der Waals surface area contributed by atoms with E-state index in [0.29, 0.717) is 0 Å². The van der Waals surface area contributed by atoms with Gasteiger partial charge in [0.05, 0.1) is 0 Å². The number of aromatic nitrogens is 1. The van der Waals surface area contributed by atoms with Gasteiger partial charge in [0.1, 0.15) is 0 Å². The summed E-state index contributed by atoms with van der Waals surface area (Å²) in [6.07, 6.45) is 0.986. The maximum Gasteiger partial charge on any atom is 0.0448 e. The van der Waals surface area contributed by atoms with Crippen LogP contribution in [0.2, 0.25) is 0 Å². The lowest BCUT2D eigenvalue weighted by molar-refractivity contribution is 0.674. The van der Waals surface area contributed by atoms with Crippen LogP contribution in [-0.4, -0.2) is 4.98 Å². The maximum atomic E-state index is 5.95. The lowest BCUT2D eigenvalue weighted by Gasteiger charge is -2.07. The second kappa shape index (κ2) is 3.31. The van der Waals surface area contributed by atoms with E-state index in [1.54, 1.807) is 0 Å².